The van der Waals surface area contributed by atoms with Gasteiger partial charge in [-0.05, 0) is 48.9 Å². The second kappa shape index (κ2) is 7.95. The topological polar surface area (TPSA) is 93.5 Å². The molecule has 148 valence electrons. The summed E-state index contributed by atoms with van der Waals surface area (Å²) in [5.74, 6) is -0.588. The maximum atomic E-state index is 14.2. The van der Waals surface area contributed by atoms with Crippen molar-refractivity contribution >= 4 is 10.0 Å². The summed E-state index contributed by atoms with van der Waals surface area (Å²) in [4.78, 5) is 0. The number of aromatic nitrogens is 2. The third-order valence-electron chi connectivity index (χ3n) is 4.83. The lowest BCUT2D eigenvalue weighted by Gasteiger charge is -2.38. The van der Waals surface area contributed by atoms with E-state index in [4.69, 9.17) is 4.74 Å². The first-order chi connectivity index (χ1) is 12.9. The molecule has 1 aromatic carbocycles. The molecule has 1 aliphatic rings. The summed E-state index contributed by atoms with van der Waals surface area (Å²) in [7, 11) is -2.50. The van der Waals surface area contributed by atoms with Crippen LogP contribution in [0.5, 0.6) is 5.75 Å². The average Bonchev–Trinajstić information content (AvgIpc) is 3.07. The van der Waals surface area contributed by atoms with Crippen molar-refractivity contribution in [3.63, 3.8) is 0 Å². The smallest absolute Gasteiger partial charge is 0.258 e. The van der Waals surface area contributed by atoms with Crippen molar-refractivity contribution in [3.05, 3.63) is 41.8 Å². The van der Waals surface area contributed by atoms with E-state index in [2.05, 4.69) is 9.82 Å². The molecule has 1 heterocycles. The molecule has 0 saturated heterocycles. The normalized spacial score (nSPS) is 20.9. The minimum absolute atomic E-state index is 0.0724. The van der Waals surface area contributed by atoms with Crippen molar-refractivity contribution in [2.24, 2.45) is 5.92 Å². The van der Waals surface area contributed by atoms with E-state index >= 15 is 0 Å². The van der Waals surface area contributed by atoms with Crippen molar-refractivity contribution in [1.29, 1.82) is 0 Å². The van der Waals surface area contributed by atoms with Crippen LogP contribution in [-0.2, 0) is 16.6 Å². The summed E-state index contributed by atoms with van der Waals surface area (Å²) in [6.07, 6.45) is 2.63. The number of benzene rings is 1. The number of nitrogens with zero attached hydrogens (tertiary/aromatic N) is 2. The van der Waals surface area contributed by atoms with Gasteiger partial charge in [-0.15, -0.1) is 0 Å². The second-order valence-corrected chi connectivity index (χ2v) is 8.43. The highest BCUT2D eigenvalue weighted by atomic mass is 32.2. The molecule has 0 bridgehead atoms. The standard InChI is InChI=1S/C18H24FN3O4S/c1-3-8-22-17(6-7-20-22)27(24,25)21-18(13-9-14(23)10-13)12-4-5-16(26-2)15(19)11-12/h4-7,11,13-14,18,21,23H,3,8-10H2,1-2H3/t13?,14?,18-/m0/s1. The van der Waals surface area contributed by atoms with Crippen LogP contribution in [0.3, 0.4) is 0 Å². The number of aliphatic hydroxyl groups is 1. The Hall–Kier alpha value is -1.97. The lowest BCUT2D eigenvalue weighted by atomic mass is 9.75. The number of rotatable bonds is 8. The van der Waals surface area contributed by atoms with Crippen molar-refractivity contribution in [3.8, 4) is 5.75 Å². The maximum absolute atomic E-state index is 14.2. The van der Waals surface area contributed by atoms with E-state index in [0.717, 1.165) is 6.42 Å². The first-order valence-corrected chi connectivity index (χ1v) is 10.4. The molecule has 1 atom stereocenters. The van der Waals surface area contributed by atoms with Crippen LogP contribution in [0.25, 0.3) is 0 Å². The van der Waals surface area contributed by atoms with Gasteiger partial charge >= 0.3 is 0 Å². The third kappa shape index (κ3) is 4.15. The first-order valence-electron chi connectivity index (χ1n) is 8.91. The third-order valence-corrected chi connectivity index (χ3v) is 6.29. The van der Waals surface area contributed by atoms with E-state index in [0.29, 0.717) is 24.9 Å². The molecular formula is C18H24FN3O4S. The largest absolute Gasteiger partial charge is 0.494 e. The Bertz CT molecular complexity index is 894. The summed E-state index contributed by atoms with van der Waals surface area (Å²) < 4.78 is 49.1. The lowest BCUT2D eigenvalue weighted by Crippen LogP contribution is -2.41. The number of ether oxygens (including phenoxy) is 1. The number of hydrogen-bond donors (Lipinski definition) is 2. The van der Waals surface area contributed by atoms with Gasteiger partial charge in [0.25, 0.3) is 10.0 Å². The van der Waals surface area contributed by atoms with E-state index in [9.17, 15) is 17.9 Å². The van der Waals surface area contributed by atoms with Crippen LogP contribution in [0.1, 0.15) is 37.8 Å². The molecule has 0 unspecified atom stereocenters. The number of nitrogens with one attached hydrogen (secondary N) is 1. The van der Waals surface area contributed by atoms with E-state index in [1.54, 1.807) is 6.07 Å². The zero-order valence-corrected chi connectivity index (χ0v) is 16.1. The fourth-order valence-electron chi connectivity index (χ4n) is 3.37. The predicted molar refractivity (Wildman–Crippen MR) is 97.3 cm³/mol. The summed E-state index contributed by atoms with van der Waals surface area (Å²) >= 11 is 0. The van der Waals surface area contributed by atoms with Gasteiger partial charge in [-0.1, -0.05) is 13.0 Å². The monoisotopic (exact) mass is 397 g/mol. The molecule has 27 heavy (non-hydrogen) atoms. The minimum Gasteiger partial charge on any atom is -0.494 e. The molecule has 2 aromatic rings. The van der Waals surface area contributed by atoms with Gasteiger partial charge in [0.1, 0.15) is 0 Å². The van der Waals surface area contributed by atoms with Crippen molar-refractivity contribution in [2.45, 2.75) is 49.9 Å². The summed E-state index contributed by atoms with van der Waals surface area (Å²) in [6.45, 7) is 2.41. The van der Waals surface area contributed by atoms with Crippen LogP contribution < -0.4 is 9.46 Å². The summed E-state index contributed by atoms with van der Waals surface area (Å²) in [5.41, 5.74) is 0.496. The molecule has 9 heteroatoms. The molecule has 1 aromatic heterocycles. The van der Waals surface area contributed by atoms with Crippen LogP contribution in [0.4, 0.5) is 4.39 Å². The Morgan fingerprint density at radius 1 is 1.41 bits per heavy atom. The van der Waals surface area contributed by atoms with Gasteiger partial charge in [0.2, 0.25) is 0 Å². The lowest BCUT2D eigenvalue weighted by molar-refractivity contribution is 0.0279. The molecule has 0 radical (unpaired) electrons. The highest BCUT2D eigenvalue weighted by molar-refractivity contribution is 7.89. The van der Waals surface area contributed by atoms with Gasteiger partial charge in [0, 0.05) is 6.54 Å². The number of halogens is 1. The van der Waals surface area contributed by atoms with Crippen molar-refractivity contribution < 1.29 is 22.7 Å². The Kier molecular flexibility index (Phi) is 5.83. The molecule has 0 spiro atoms. The van der Waals surface area contributed by atoms with E-state index in [1.807, 2.05) is 6.92 Å². The molecule has 1 saturated carbocycles. The van der Waals surface area contributed by atoms with Crippen molar-refractivity contribution in [1.82, 2.24) is 14.5 Å². The Balaban J connectivity index is 1.92. The van der Waals surface area contributed by atoms with Crippen LogP contribution in [0.2, 0.25) is 0 Å². The molecule has 1 aliphatic carbocycles. The second-order valence-electron chi connectivity index (χ2n) is 6.77. The van der Waals surface area contributed by atoms with E-state index < -0.39 is 28.0 Å². The number of hydrogen-bond acceptors (Lipinski definition) is 5. The summed E-state index contributed by atoms with van der Waals surface area (Å²) in [6, 6.07) is 5.19. The van der Waals surface area contributed by atoms with Gasteiger partial charge in [-0.2, -0.15) is 5.10 Å². The zero-order chi connectivity index (χ0) is 19.6. The first kappa shape index (κ1) is 19.8. The fourth-order valence-corrected chi connectivity index (χ4v) is 4.81. The summed E-state index contributed by atoms with van der Waals surface area (Å²) in [5, 5.41) is 13.8. The maximum Gasteiger partial charge on any atom is 0.258 e. The number of aryl methyl sites for hydroxylation is 1. The SMILES string of the molecule is CCCn1nccc1S(=O)(=O)N[C@@H](c1ccc(OC)c(F)c1)C1CC(O)C1. The van der Waals surface area contributed by atoms with E-state index in [-0.39, 0.29) is 16.7 Å². The quantitative estimate of drug-likeness (QED) is 0.713. The number of methoxy groups -OCH3 is 1. The molecule has 7 nitrogen and oxygen atoms in total. The van der Waals surface area contributed by atoms with E-state index in [1.165, 1.54) is 36.2 Å². The van der Waals surface area contributed by atoms with Gasteiger partial charge in [-0.25, -0.2) is 17.5 Å². The Morgan fingerprint density at radius 2 is 2.15 bits per heavy atom. The average molecular weight is 397 g/mol. The fraction of sp³-hybridized carbons (Fsp3) is 0.500. The van der Waals surface area contributed by atoms with Crippen LogP contribution in [0.15, 0.2) is 35.5 Å². The highest BCUT2D eigenvalue weighted by Crippen LogP contribution is 2.39. The van der Waals surface area contributed by atoms with Crippen LogP contribution >= 0.6 is 0 Å². The number of aliphatic hydroxyl groups excluding tert-OH is 1. The zero-order valence-electron chi connectivity index (χ0n) is 15.3. The Labute approximate surface area is 158 Å². The van der Waals surface area contributed by atoms with Gasteiger partial charge < -0.3 is 9.84 Å². The highest BCUT2D eigenvalue weighted by Gasteiger charge is 2.38. The molecule has 2 N–H and O–H groups in total. The van der Waals surface area contributed by atoms with Gasteiger partial charge in [-0.3, -0.25) is 4.68 Å². The molecule has 0 amide bonds. The van der Waals surface area contributed by atoms with Gasteiger partial charge in [0.15, 0.2) is 16.6 Å². The molecule has 3 rings (SSSR count). The van der Waals surface area contributed by atoms with Crippen LogP contribution in [0, 0.1) is 11.7 Å². The molecule has 1 fully saturated rings. The predicted octanol–water partition coefficient (Wildman–Crippen LogP) is 2.23. The molecular weight excluding hydrogens is 373 g/mol. The van der Waals surface area contributed by atoms with Crippen LogP contribution in [-0.4, -0.2) is 36.5 Å². The Morgan fingerprint density at radius 3 is 2.74 bits per heavy atom. The number of sulfonamides is 1. The van der Waals surface area contributed by atoms with Gasteiger partial charge in [0.05, 0.1) is 25.5 Å². The van der Waals surface area contributed by atoms with Crippen molar-refractivity contribution in [2.75, 3.05) is 7.11 Å². The minimum atomic E-state index is -3.87. The molecule has 0 aliphatic heterocycles.